The number of methoxy groups -OCH3 is 1. The first-order chi connectivity index (χ1) is 15.8. The van der Waals surface area contributed by atoms with Crippen molar-refractivity contribution in [2.45, 2.75) is 27.7 Å². The minimum atomic E-state index is -0.387. The maximum Gasteiger partial charge on any atom is 0.339 e. The van der Waals surface area contributed by atoms with Crippen molar-refractivity contribution >= 4 is 39.4 Å². The lowest BCUT2D eigenvalue weighted by Gasteiger charge is -2.13. The Morgan fingerprint density at radius 3 is 2.55 bits per heavy atom. The number of carbonyl (C=O) groups is 1. The van der Waals surface area contributed by atoms with Crippen LogP contribution in [0.2, 0.25) is 0 Å². The number of aromatic nitrogens is 3. The molecular weight excluding hydrogens is 434 g/mol. The molecule has 0 aliphatic carbocycles. The fraction of sp³-hybridized carbons (Fsp3) is 0.192. The van der Waals surface area contributed by atoms with Gasteiger partial charge in [-0.15, -0.1) is 0 Å². The summed E-state index contributed by atoms with van der Waals surface area (Å²) in [5.74, 6) is -0.387. The molecule has 0 aliphatic rings. The summed E-state index contributed by atoms with van der Waals surface area (Å²) in [4.78, 5) is 31.0. The van der Waals surface area contributed by atoms with Crippen LogP contribution in [0.4, 0.5) is 0 Å². The van der Waals surface area contributed by atoms with Gasteiger partial charge in [0.15, 0.2) is 4.96 Å². The second-order valence-corrected chi connectivity index (χ2v) is 9.25. The molecule has 0 fully saturated rings. The van der Waals surface area contributed by atoms with Gasteiger partial charge in [0, 0.05) is 11.4 Å². The molecule has 0 saturated carbocycles. The number of nitrogens with zero attached hydrogens (tertiary/aromatic N) is 3. The van der Waals surface area contributed by atoms with E-state index in [0.29, 0.717) is 15.1 Å². The van der Waals surface area contributed by atoms with Crippen molar-refractivity contribution in [3.8, 4) is 5.69 Å². The third kappa shape index (κ3) is 3.27. The maximum absolute atomic E-state index is 13.3. The fourth-order valence-electron chi connectivity index (χ4n) is 4.32. The smallest absolute Gasteiger partial charge is 0.339 e. The van der Waals surface area contributed by atoms with E-state index >= 15 is 0 Å². The summed E-state index contributed by atoms with van der Waals surface area (Å²) in [5, 5.41) is 0. The zero-order valence-corrected chi connectivity index (χ0v) is 19.9. The summed E-state index contributed by atoms with van der Waals surface area (Å²) in [7, 11) is 1.38. The summed E-state index contributed by atoms with van der Waals surface area (Å²) in [6.07, 6.45) is 1.91. The zero-order valence-electron chi connectivity index (χ0n) is 19.1. The average molecular weight is 458 g/mol. The van der Waals surface area contributed by atoms with Gasteiger partial charge < -0.3 is 9.30 Å². The van der Waals surface area contributed by atoms with Gasteiger partial charge in [0.1, 0.15) is 0 Å². The molecule has 0 bridgehead atoms. The summed E-state index contributed by atoms with van der Waals surface area (Å²) in [6.45, 7) is 8.06. The number of fused-ring (bicyclic) bond motifs is 3. The van der Waals surface area contributed by atoms with Crippen LogP contribution in [0.1, 0.15) is 38.4 Å². The number of benzene rings is 2. The van der Waals surface area contributed by atoms with Crippen molar-refractivity contribution in [3.05, 3.63) is 91.0 Å². The molecule has 0 aliphatic heterocycles. The Kier molecular flexibility index (Phi) is 4.94. The molecule has 33 heavy (non-hydrogen) atoms. The van der Waals surface area contributed by atoms with Gasteiger partial charge in [-0.1, -0.05) is 23.5 Å². The van der Waals surface area contributed by atoms with Crippen molar-refractivity contribution in [3.63, 3.8) is 0 Å². The zero-order chi connectivity index (χ0) is 23.4. The summed E-state index contributed by atoms with van der Waals surface area (Å²) in [6, 6.07) is 13.4. The monoisotopic (exact) mass is 457 g/mol. The molecule has 0 atom stereocenters. The van der Waals surface area contributed by atoms with Gasteiger partial charge in [-0.25, -0.2) is 14.2 Å². The second-order valence-electron chi connectivity index (χ2n) is 8.24. The van der Waals surface area contributed by atoms with Crippen molar-refractivity contribution in [2.24, 2.45) is 0 Å². The maximum atomic E-state index is 13.3. The first-order valence-corrected chi connectivity index (χ1v) is 11.4. The van der Waals surface area contributed by atoms with Crippen molar-refractivity contribution < 1.29 is 9.53 Å². The first kappa shape index (κ1) is 21.2. The quantitative estimate of drug-likeness (QED) is 0.380. The standard InChI is InChI=1S/C26H23N3O3S/c1-14-10-20-22(11-15(14)2)29-24(30)23(33-26(29)27-20)13-18-12-16(3)28(17(18)4)21-9-7-6-8-19(21)25(31)32-5/h6-13H,1-5H3/b23-13-. The Labute approximate surface area is 194 Å². The van der Waals surface area contributed by atoms with Crippen molar-refractivity contribution in [2.75, 3.05) is 7.11 Å². The van der Waals surface area contributed by atoms with Crippen LogP contribution in [0.5, 0.6) is 0 Å². The largest absolute Gasteiger partial charge is 0.465 e. The molecule has 5 rings (SSSR count). The first-order valence-electron chi connectivity index (χ1n) is 10.6. The third-order valence-electron chi connectivity index (χ3n) is 6.16. The predicted molar refractivity (Wildman–Crippen MR) is 132 cm³/mol. The number of thiazole rings is 1. The number of rotatable bonds is 3. The lowest BCUT2D eigenvalue weighted by atomic mass is 10.1. The average Bonchev–Trinajstić information content (AvgIpc) is 3.38. The molecule has 0 spiro atoms. The molecule has 0 unspecified atom stereocenters. The SMILES string of the molecule is COC(=O)c1ccccc1-n1c(C)cc(/C=c2\sc3nc4cc(C)c(C)cc4n3c2=O)c1C. The molecule has 3 heterocycles. The van der Waals surface area contributed by atoms with Crippen LogP contribution in [-0.4, -0.2) is 27.0 Å². The van der Waals surface area contributed by atoms with E-state index in [2.05, 4.69) is 4.98 Å². The Hall–Kier alpha value is -3.71. The third-order valence-corrected chi connectivity index (χ3v) is 7.13. The highest BCUT2D eigenvalue weighted by molar-refractivity contribution is 7.15. The van der Waals surface area contributed by atoms with E-state index in [1.807, 2.05) is 74.7 Å². The molecule has 0 amide bonds. The topological polar surface area (TPSA) is 65.6 Å². The Morgan fingerprint density at radius 2 is 1.79 bits per heavy atom. The summed E-state index contributed by atoms with van der Waals surface area (Å²) < 4.78 is 9.30. The minimum absolute atomic E-state index is 0.0690. The van der Waals surface area contributed by atoms with E-state index in [-0.39, 0.29) is 11.5 Å². The van der Waals surface area contributed by atoms with E-state index < -0.39 is 0 Å². The molecule has 166 valence electrons. The number of esters is 1. The van der Waals surface area contributed by atoms with Crippen molar-refractivity contribution in [1.82, 2.24) is 14.0 Å². The Morgan fingerprint density at radius 1 is 1.06 bits per heavy atom. The van der Waals surface area contributed by atoms with Crippen molar-refractivity contribution in [1.29, 1.82) is 0 Å². The molecule has 0 saturated heterocycles. The normalized spacial score (nSPS) is 12.2. The van der Waals surface area contributed by atoms with Gasteiger partial charge in [-0.2, -0.15) is 0 Å². The van der Waals surface area contributed by atoms with Crippen LogP contribution in [0.25, 0.3) is 27.8 Å². The van der Waals surface area contributed by atoms with E-state index in [1.165, 1.54) is 18.4 Å². The number of ether oxygens (including phenoxy) is 1. The predicted octanol–water partition coefficient (Wildman–Crippen LogP) is 4.27. The number of hydrogen-bond donors (Lipinski definition) is 0. The van der Waals surface area contributed by atoms with Crippen LogP contribution in [0, 0.1) is 27.7 Å². The highest BCUT2D eigenvalue weighted by atomic mass is 32.1. The molecule has 7 heteroatoms. The van der Waals surface area contributed by atoms with E-state index in [0.717, 1.165) is 44.8 Å². The number of aryl methyl sites for hydroxylation is 3. The Bertz CT molecular complexity index is 1690. The van der Waals surface area contributed by atoms with Gasteiger partial charge in [-0.05, 0) is 80.8 Å². The van der Waals surface area contributed by atoms with Crippen LogP contribution in [-0.2, 0) is 4.74 Å². The lowest BCUT2D eigenvalue weighted by molar-refractivity contribution is 0.0600. The fourth-order valence-corrected chi connectivity index (χ4v) is 5.29. The van der Waals surface area contributed by atoms with Gasteiger partial charge in [0.2, 0.25) is 0 Å². The van der Waals surface area contributed by atoms with Gasteiger partial charge in [0.25, 0.3) is 5.56 Å². The second kappa shape index (κ2) is 7.71. The molecule has 0 N–H and O–H groups in total. The minimum Gasteiger partial charge on any atom is -0.465 e. The Balaban J connectivity index is 1.69. The molecule has 6 nitrogen and oxygen atoms in total. The van der Waals surface area contributed by atoms with Crippen LogP contribution in [0.3, 0.4) is 0 Å². The molecule has 3 aromatic heterocycles. The van der Waals surface area contributed by atoms with E-state index in [9.17, 15) is 9.59 Å². The summed E-state index contributed by atoms with van der Waals surface area (Å²) >= 11 is 1.39. The van der Waals surface area contributed by atoms with Gasteiger partial charge in [0.05, 0.1) is 33.9 Å². The highest BCUT2D eigenvalue weighted by Gasteiger charge is 2.18. The number of imidazole rings is 1. The molecular formula is C26H23N3O3S. The number of para-hydroxylation sites is 1. The molecule has 5 aromatic rings. The van der Waals surface area contributed by atoms with Crippen LogP contribution in [0.15, 0.2) is 47.3 Å². The van der Waals surface area contributed by atoms with E-state index in [4.69, 9.17) is 4.74 Å². The van der Waals surface area contributed by atoms with Crippen LogP contribution < -0.4 is 10.1 Å². The van der Waals surface area contributed by atoms with Crippen LogP contribution >= 0.6 is 11.3 Å². The van der Waals surface area contributed by atoms with Gasteiger partial charge >= 0.3 is 5.97 Å². The number of hydrogen-bond acceptors (Lipinski definition) is 5. The lowest BCUT2D eigenvalue weighted by Crippen LogP contribution is -2.22. The van der Waals surface area contributed by atoms with E-state index in [1.54, 1.807) is 10.5 Å². The molecule has 2 aromatic carbocycles. The summed E-state index contributed by atoms with van der Waals surface area (Å²) in [5.41, 5.74) is 7.96. The van der Waals surface area contributed by atoms with Gasteiger partial charge in [-0.3, -0.25) is 4.79 Å². The molecule has 0 radical (unpaired) electrons. The number of carbonyl (C=O) groups excluding carboxylic acids is 1. The highest BCUT2D eigenvalue weighted by Crippen LogP contribution is 2.25.